The van der Waals surface area contributed by atoms with E-state index < -0.39 is 0 Å². The standard InChI is InChI=1S/C23H26N4O3/c1-30-18-10-8-17(9-11-18)21(26-12-4-5-13-26)14-24-23(29)16-27-20-7-3-2-6-19(20)22(28)15-25-27/h2-3,6-11,15,21H,4-5,12-14,16H2,1H3,(H,24,29). The number of rotatable bonds is 7. The molecule has 7 heteroatoms. The number of nitrogens with zero attached hydrogens (tertiary/aromatic N) is 3. The highest BCUT2D eigenvalue weighted by molar-refractivity contribution is 5.81. The van der Waals surface area contributed by atoms with Crippen molar-refractivity contribution in [2.75, 3.05) is 26.7 Å². The highest BCUT2D eigenvalue weighted by Gasteiger charge is 2.24. The highest BCUT2D eigenvalue weighted by Crippen LogP contribution is 2.26. The largest absolute Gasteiger partial charge is 0.497 e. The monoisotopic (exact) mass is 406 g/mol. The van der Waals surface area contributed by atoms with E-state index in [2.05, 4.69) is 27.4 Å². The van der Waals surface area contributed by atoms with Crippen LogP contribution in [0, 0.1) is 0 Å². The average Bonchev–Trinajstić information content (AvgIpc) is 3.31. The summed E-state index contributed by atoms with van der Waals surface area (Å²) in [6.07, 6.45) is 3.61. The van der Waals surface area contributed by atoms with Crippen LogP contribution in [0.15, 0.2) is 59.5 Å². The van der Waals surface area contributed by atoms with E-state index in [-0.39, 0.29) is 23.9 Å². The van der Waals surface area contributed by atoms with Gasteiger partial charge in [-0.15, -0.1) is 0 Å². The number of carbonyl (C=O) groups is 1. The predicted molar refractivity (Wildman–Crippen MR) is 116 cm³/mol. The normalized spacial score (nSPS) is 15.2. The van der Waals surface area contributed by atoms with Gasteiger partial charge >= 0.3 is 0 Å². The average molecular weight is 406 g/mol. The lowest BCUT2D eigenvalue weighted by Gasteiger charge is -2.28. The minimum atomic E-state index is -0.143. The second-order valence-electron chi connectivity index (χ2n) is 7.52. The van der Waals surface area contributed by atoms with Gasteiger partial charge in [-0.1, -0.05) is 24.3 Å². The molecule has 0 aliphatic carbocycles. The van der Waals surface area contributed by atoms with E-state index in [0.717, 1.165) is 24.4 Å². The Balaban J connectivity index is 1.47. The molecular formula is C23H26N4O3. The van der Waals surface area contributed by atoms with Gasteiger partial charge in [0.25, 0.3) is 0 Å². The van der Waals surface area contributed by atoms with Crippen molar-refractivity contribution in [1.29, 1.82) is 0 Å². The van der Waals surface area contributed by atoms with Gasteiger partial charge in [0.1, 0.15) is 12.3 Å². The molecule has 2 heterocycles. The lowest BCUT2D eigenvalue weighted by Crippen LogP contribution is -2.38. The third kappa shape index (κ3) is 4.36. The number of para-hydroxylation sites is 1. The summed E-state index contributed by atoms with van der Waals surface area (Å²) < 4.78 is 6.84. The van der Waals surface area contributed by atoms with Crippen molar-refractivity contribution in [3.05, 3.63) is 70.5 Å². The first-order valence-corrected chi connectivity index (χ1v) is 10.3. The second-order valence-corrected chi connectivity index (χ2v) is 7.52. The molecule has 1 aromatic heterocycles. The van der Waals surface area contributed by atoms with Crippen LogP contribution in [-0.4, -0.2) is 47.3 Å². The number of carbonyl (C=O) groups excluding carboxylic acids is 1. The van der Waals surface area contributed by atoms with E-state index >= 15 is 0 Å². The Morgan fingerprint density at radius 3 is 2.60 bits per heavy atom. The SMILES string of the molecule is COc1ccc(C(CNC(=O)Cn2ncc(=O)c3ccccc32)N2CCCC2)cc1. The molecule has 1 aliphatic heterocycles. The van der Waals surface area contributed by atoms with Crippen LogP contribution < -0.4 is 15.5 Å². The van der Waals surface area contributed by atoms with Gasteiger partial charge < -0.3 is 10.1 Å². The minimum Gasteiger partial charge on any atom is -0.497 e. The van der Waals surface area contributed by atoms with Gasteiger partial charge in [-0.2, -0.15) is 5.10 Å². The maximum atomic E-state index is 12.7. The Labute approximate surface area is 175 Å². The summed E-state index contributed by atoms with van der Waals surface area (Å²) in [7, 11) is 1.65. The Morgan fingerprint density at radius 1 is 1.13 bits per heavy atom. The zero-order valence-corrected chi connectivity index (χ0v) is 17.1. The van der Waals surface area contributed by atoms with Gasteiger partial charge in [0.15, 0.2) is 0 Å². The number of likely N-dealkylation sites (tertiary alicyclic amines) is 1. The number of aromatic nitrogens is 2. The fraction of sp³-hybridized carbons (Fsp3) is 0.348. The first-order chi connectivity index (χ1) is 14.7. The van der Waals surface area contributed by atoms with Crippen LogP contribution in [0.3, 0.4) is 0 Å². The quantitative estimate of drug-likeness (QED) is 0.652. The van der Waals surface area contributed by atoms with Crippen LogP contribution in [0.1, 0.15) is 24.4 Å². The van der Waals surface area contributed by atoms with Crippen molar-refractivity contribution in [1.82, 2.24) is 20.0 Å². The van der Waals surface area contributed by atoms with Gasteiger partial charge in [0, 0.05) is 11.9 Å². The Kier molecular flexibility index (Phi) is 6.09. The Bertz CT molecular complexity index is 1070. The number of fused-ring (bicyclic) bond motifs is 1. The summed E-state index contributed by atoms with van der Waals surface area (Å²) in [6, 6.07) is 15.3. The van der Waals surface area contributed by atoms with E-state index in [0.29, 0.717) is 17.4 Å². The number of benzene rings is 2. The maximum Gasteiger partial charge on any atom is 0.241 e. The molecule has 1 N–H and O–H groups in total. The Hall–Kier alpha value is -3.19. The molecule has 0 spiro atoms. The highest BCUT2D eigenvalue weighted by atomic mass is 16.5. The fourth-order valence-electron chi connectivity index (χ4n) is 4.03. The molecule has 1 fully saturated rings. The van der Waals surface area contributed by atoms with E-state index in [9.17, 15) is 9.59 Å². The molecule has 0 saturated carbocycles. The summed E-state index contributed by atoms with van der Waals surface area (Å²) in [6.45, 7) is 2.64. The number of ether oxygens (including phenoxy) is 1. The maximum absolute atomic E-state index is 12.7. The zero-order valence-electron chi connectivity index (χ0n) is 17.1. The molecule has 4 rings (SSSR count). The minimum absolute atomic E-state index is 0.0656. The van der Waals surface area contributed by atoms with Gasteiger partial charge in [0.05, 0.1) is 24.9 Å². The molecule has 0 radical (unpaired) electrons. The zero-order chi connectivity index (χ0) is 20.9. The molecule has 1 amide bonds. The van der Waals surface area contributed by atoms with Crippen LogP contribution in [0.2, 0.25) is 0 Å². The predicted octanol–water partition coefficient (Wildman–Crippen LogP) is 2.36. The molecule has 156 valence electrons. The van der Waals surface area contributed by atoms with Crippen LogP contribution >= 0.6 is 0 Å². The van der Waals surface area contributed by atoms with Crippen molar-refractivity contribution < 1.29 is 9.53 Å². The third-order valence-electron chi connectivity index (χ3n) is 5.63. The molecule has 7 nitrogen and oxygen atoms in total. The molecule has 1 aliphatic rings. The van der Waals surface area contributed by atoms with Gasteiger partial charge in [-0.05, 0) is 55.8 Å². The molecule has 1 saturated heterocycles. The van der Waals surface area contributed by atoms with Gasteiger partial charge in [0.2, 0.25) is 11.3 Å². The van der Waals surface area contributed by atoms with Gasteiger partial charge in [-0.25, -0.2) is 0 Å². The number of nitrogens with one attached hydrogen (secondary N) is 1. The molecule has 2 aromatic carbocycles. The molecule has 1 unspecified atom stereocenters. The summed E-state index contributed by atoms with van der Waals surface area (Å²) >= 11 is 0. The number of methoxy groups -OCH3 is 1. The number of amides is 1. The topological polar surface area (TPSA) is 76.5 Å². The van der Waals surface area contributed by atoms with Crippen molar-refractivity contribution in [3.8, 4) is 5.75 Å². The summed E-state index contributed by atoms with van der Waals surface area (Å²) in [5.74, 6) is 0.688. The number of hydrogen-bond donors (Lipinski definition) is 1. The molecule has 30 heavy (non-hydrogen) atoms. The smallest absolute Gasteiger partial charge is 0.241 e. The second kappa shape index (κ2) is 9.09. The van der Waals surface area contributed by atoms with Crippen molar-refractivity contribution in [3.63, 3.8) is 0 Å². The number of hydrogen-bond acceptors (Lipinski definition) is 5. The first-order valence-electron chi connectivity index (χ1n) is 10.3. The lowest BCUT2D eigenvalue weighted by atomic mass is 10.1. The molecule has 1 atom stereocenters. The molecular weight excluding hydrogens is 380 g/mol. The van der Waals surface area contributed by atoms with Crippen LogP contribution in [0.25, 0.3) is 10.9 Å². The van der Waals surface area contributed by atoms with Crippen LogP contribution in [-0.2, 0) is 11.3 Å². The third-order valence-corrected chi connectivity index (χ3v) is 5.63. The summed E-state index contributed by atoms with van der Waals surface area (Å²) in [4.78, 5) is 27.1. The van der Waals surface area contributed by atoms with Gasteiger partial charge in [-0.3, -0.25) is 19.2 Å². The summed E-state index contributed by atoms with van der Waals surface area (Å²) in [5.41, 5.74) is 1.67. The van der Waals surface area contributed by atoms with Crippen LogP contribution in [0.5, 0.6) is 5.75 Å². The van der Waals surface area contributed by atoms with E-state index in [1.807, 2.05) is 24.3 Å². The summed E-state index contributed by atoms with van der Waals surface area (Å²) in [5, 5.41) is 7.77. The Morgan fingerprint density at radius 2 is 1.87 bits per heavy atom. The van der Waals surface area contributed by atoms with Crippen molar-refractivity contribution >= 4 is 16.8 Å². The van der Waals surface area contributed by atoms with E-state index in [1.54, 1.807) is 23.9 Å². The fourth-order valence-corrected chi connectivity index (χ4v) is 4.03. The van der Waals surface area contributed by atoms with Crippen LogP contribution in [0.4, 0.5) is 0 Å². The lowest BCUT2D eigenvalue weighted by molar-refractivity contribution is -0.122. The first kappa shape index (κ1) is 20.1. The molecule has 3 aromatic rings. The van der Waals surface area contributed by atoms with Crippen molar-refractivity contribution in [2.45, 2.75) is 25.4 Å². The van der Waals surface area contributed by atoms with Crippen molar-refractivity contribution in [2.24, 2.45) is 0 Å². The van der Waals surface area contributed by atoms with E-state index in [1.165, 1.54) is 19.0 Å². The molecule has 0 bridgehead atoms. The van der Waals surface area contributed by atoms with E-state index in [4.69, 9.17) is 4.74 Å².